The lowest BCUT2D eigenvalue weighted by Gasteiger charge is -2.45. The summed E-state index contributed by atoms with van der Waals surface area (Å²) in [6.07, 6.45) is 7.51. The first kappa shape index (κ1) is 34.2. The van der Waals surface area contributed by atoms with Crippen molar-refractivity contribution in [3.63, 3.8) is 0 Å². The number of allylic oxidation sites excluding steroid dienone is 2. The molecule has 3 heterocycles. The van der Waals surface area contributed by atoms with Gasteiger partial charge in [0.25, 0.3) is 0 Å². The maximum atomic E-state index is 13.6. The molecule has 2 saturated heterocycles. The average molecular weight is 611 g/mol. The van der Waals surface area contributed by atoms with Gasteiger partial charge in [0.05, 0.1) is 17.9 Å². The van der Waals surface area contributed by atoms with E-state index >= 15 is 0 Å². The lowest BCUT2D eigenvalue weighted by Crippen LogP contribution is -2.56. The Bertz CT molecular complexity index is 1140. The van der Waals surface area contributed by atoms with Crippen LogP contribution in [0.15, 0.2) is 60.6 Å². The largest absolute Gasteiger partial charge is 0.512 e. The van der Waals surface area contributed by atoms with Crippen LogP contribution in [-0.4, -0.2) is 89.1 Å². The lowest BCUT2D eigenvalue weighted by atomic mass is 10.0. The molecule has 2 unspecified atom stereocenters. The van der Waals surface area contributed by atoms with Crippen LogP contribution in [0, 0.1) is 0 Å². The topological polar surface area (TPSA) is 87.1 Å². The number of alkyl halides is 3. The van der Waals surface area contributed by atoms with E-state index in [1.54, 1.807) is 37.4 Å². The molecule has 240 valence electrons. The third-order valence-electron chi connectivity index (χ3n) is 8.01. The Hall–Kier alpha value is -3.25. The summed E-state index contributed by atoms with van der Waals surface area (Å²) >= 11 is 0. The maximum Gasteiger partial charge on any atom is 0.405 e. The minimum absolute atomic E-state index is 0.0354. The Labute approximate surface area is 252 Å². The molecular formula is C31H46F4N6O2. The van der Waals surface area contributed by atoms with Gasteiger partial charge >= 0.3 is 6.18 Å². The summed E-state index contributed by atoms with van der Waals surface area (Å²) in [4.78, 5) is 11.5. The molecular weight excluding hydrogens is 564 g/mol. The van der Waals surface area contributed by atoms with Gasteiger partial charge in [0.2, 0.25) is 0 Å². The highest BCUT2D eigenvalue weighted by Gasteiger charge is 2.33. The molecule has 43 heavy (non-hydrogen) atoms. The van der Waals surface area contributed by atoms with Crippen molar-refractivity contribution in [2.45, 2.75) is 70.8 Å². The molecule has 2 aliphatic heterocycles. The second kappa shape index (κ2) is 16.6. The van der Waals surface area contributed by atoms with Crippen molar-refractivity contribution < 1.29 is 27.8 Å². The fourth-order valence-electron chi connectivity index (χ4n) is 5.67. The first-order valence-corrected chi connectivity index (χ1v) is 15.0. The highest BCUT2D eigenvalue weighted by molar-refractivity contribution is 5.53. The molecule has 0 bridgehead atoms. The standard InChI is InChI=1S/C31H46F4N6O2/c1-4-26-21-40(30-29(43)16-25(19-37-30)18-36-23(3)38-22-31(33,34)35)14-15-41(26)27-9-7-12-39(13-11-27)20-24(17-32)8-6-10-28(42)5-2/h5-6,8,16-17,19,26-27,36,38,42-43H,3-4,7,9-15,18,20-22H2,1-2H3/b8-6?,24-17-,28-5+. The molecule has 0 radical (unpaired) electrons. The minimum atomic E-state index is -4.34. The van der Waals surface area contributed by atoms with Crippen molar-refractivity contribution in [3.8, 4) is 5.75 Å². The molecule has 2 atom stereocenters. The molecule has 12 heteroatoms. The SMILES string of the molecule is C=C(NCc1cnc(N2CCN(C3CCCN(C/C(C=CC/C(O)=C\C)=C\F)CC3)C(CC)C2)c(O)c1)NCC(F)(F)F. The van der Waals surface area contributed by atoms with Gasteiger partial charge in [-0.15, -0.1) is 0 Å². The molecule has 1 aromatic rings. The van der Waals surface area contributed by atoms with E-state index in [9.17, 15) is 27.8 Å². The molecule has 0 aromatic carbocycles. The van der Waals surface area contributed by atoms with E-state index in [4.69, 9.17) is 0 Å². The number of halogens is 4. The molecule has 0 spiro atoms. The minimum Gasteiger partial charge on any atom is -0.512 e. The predicted molar refractivity (Wildman–Crippen MR) is 162 cm³/mol. The van der Waals surface area contributed by atoms with Crippen molar-refractivity contribution in [3.05, 3.63) is 66.1 Å². The van der Waals surface area contributed by atoms with E-state index in [-0.39, 0.29) is 23.9 Å². The molecule has 0 saturated carbocycles. The van der Waals surface area contributed by atoms with Crippen molar-refractivity contribution in [1.29, 1.82) is 0 Å². The van der Waals surface area contributed by atoms with Crippen molar-refractivity contribution >= 4 is 5.82 Å². The summed E-state index contributed by atoms with van der Waals surface area (Å²) < 4.78 is 50.7. The van der Waals surface area contributed by atoms with Crippen molar-refractivity contribution in [1.82, 2.24) is 25.4 Å². The number of hydrogen-bond donors (Lipinski definition) is 4. The van der Waals surface area contributed by atoms with Crippen molar-refractivity contribution in [2.75, 3.05) is 50.7 Å². The van der Waals surface area contributed by atoms with Gasteiger partial charge < -0.3 is 25.7 Å². The Morgan fingerprint density at radius 2 is 1.98 bits per heavy atom. The van der Waals surface area contributed by atoms with Gasteiger partial charge in [-0.25, -0.2) is 9.37 Å². The van der Waals surface area contributed by atoms with E-state index in [1.165, 1.54) is 0 Å². The van der Waals surface area contributed by atoms with E-state index in [0.29, 0.717) is 54.9 Å². The van der Waals surface area contributed by atoms with Crippen LogP contribution in [0.4, 0.5) is 23.4 Å². The van der Waals surface area contributed by atoms with Crippen LogP contribution < -0.4 is 15.5 Å². The summed E-state index contributed by atoms with van der Waals surface area (Å²) in [7, 11) is 0. The predicted octanol–water partition coefficient (Wildman–Crippen LogP) is 5.52. The van der Waals surface area contributed by atoms with Crippen LogP contribution >= 0.6 is 0 Å². The number of piperazine rings is 1. The number of aliphatic hydroxyl groups excluding tert-OH is 1. The van der Waals surface area contributed by atoms with Gasteiger partial charge in [-0.2, -0.15) is 13.2 Å². The van der Waals surface area contributed by atoms with E-state index in [1.807, 2.05) is 0 Å². The van der Waals surface area contributed by atoms with Crippen LogP contribution in [0.1, 0.15) is 51.5 Å². The number of aromatic nitrogens is 1. The lowest BCUT2D eigenvalue weighted by molar-refractivity contribution is -0.123. The summed E-state index contributed by atoms with van der Waals surface area (Å²) in [6.45, 7) is 11.1. The third kappa shape index (κ3) is 11.1. The first-order chi connectivity index (χ1) is 20.5. The number of aliphatic hydroxyl groups is 1. The Morgan fingerprint density at radius 3 is 2.65 bits per heavy atom. The van der Waals surface area contributed by atoms with Gasteiger partial charge in [-0.3, -0.25) is 9.80 Å². The van der Waals surface area contributed by atoms with Gasteiger partial charge in [-0.05, 0) is 69.0 Å². The Morgan fingerprint density at radius 1 is 1.19 bits per heavy atom. The molecule has 8 nitrogen and oxygen atoms in total. The molecule has 2 aliphatic rings. The number of nitrogens with zero attached hydrogens (tertiary/aromatic N) is 4. The molecule has 0 aliphatic carbocycles. The number of anilines is 1. The second-order valence-electron chi connectivity index (χ2n) is 11.2. The zero-order chi connectivity index (χ0) is 31.4. The molecule has 2 fully saturated rings. The van der Waals surface area contributed by atoms with Crippen LogP contribution in [0.5, 0.6) is 5.75 Å². The molecule has 1 aromatic heterocycles. The molecule has 3 rings (SSSR count). The number of pyridine rings is 1. The maximum absolute atomic E-state index is 13.6. The third-order valence-corrected chi connectivity index (χ3v) is 8.01. The van der Waals surface area contributed by atoms with Crippen molar-refractivity contribution in [2.24, 2.45) is 0 Å². The van der Waals surface area contributed by atoms with E-state index < -0.39 is 12.7 Å². The second-order valence-corrected chi connectivity index (χ2v) is 11.2. The van der Waals surface area contributed by atoms with Gasteiger partial charge in [0, 0.05) is 57.4 Å². The smallest absolute Gasteiger partial charge is 0.405 e. The Kier molecular flexibility index (Phi) is 13.2. The summed E-state index contributed by atoms with van der Waals surface area (Å²) in [5, 5.41) is 25.3. The van der Waals surface area contributed by atoms with Gasteiger partial charge in [-0.1, -0.05) is 25.7 Å². The number of rotatable bonds is 13. The van der Waals surface area contributed by atoms with Gasteiger partial charge in [0.15, 0.2) is 11.6 Å². The monoisotopic (exact) mass is 610 g/mol. The average Bonchev–Trinajstić information content (AvgIpc) is 3.23. The first-order valence-electron chi connectivity index (χ1n) is 15.0. The van der Waals surface area contributed by atoms with E-state index in [0.717, 1.165) is 51.9 Å². The van der Waals surface area contributed by atoms with Crippen LogP contribution in [-0.2, 0) is 6.54 Å². The normalized spacial score (nSPS) is 21.7. The quantitative estimate of drug-likeness (QED) is 0.132. The van der Waals surface area contributed by atoms with Crippen LogP contribution in [0.3, 0.4) is 0 Å². The molecule has 0 amide bonds. The number of nitrogens with one attached hydrogen (secondary N) is 2. The number of likely N-dealkylation sites (tertiary alicyclic amines) is 1. The fraction of sp³-hybridized carbons (Fsp3) is 0.581. The van der Waals surface area contributed by atoms with E-state index in [2.05, 4.69) is 43.8 Å². The Balaban J connectivity index is 1.52. The number of hydrogen-bond acceptors (Lipinski definition) is 8. The highest BCUT2D eigenvalue weighted by atomic mass is 19.4. The fourth-order valence-corrected chi connectivity index (χ4v) is 5.67. The highest BCUT2D eigenvalue weighted by Crippen LogP contribution is 2.30. The van der Waals surface area contributed by atoms with Crippen LogP contribution in [0.25, 0.3) is 0 Å². The zero-order valence-electron chi connectivity index (χ0n) is 25.2. The van der Waals surface area contributed by atoms with Crippen LogP contribution in [0.2, 0.25) is 0 Å². The molecule has 4 N–H and O–H groups in total. The van der Waals surface area contributed by atoms with Gasteiger partial charge in [0.1, 0.15) is 6.54 Å². The summed E-state index contributed by atoms with van der Waals surface area (Å²) in [5.74, 6) is 0.845. The summed E-state index contributed by atoms with van der Waals surface area (Å²) in [6, 6.07) is 2.29. The zero-order valence-corrected chi connectivity index (χ0v) is 25.2. The number of aromatic hydroxyl groups is 1. The summed E-state index contributed by atoms with van der Waals surface area (Å²) in [5.41, 5.74) is 1.22.